The SMILES string of the molecule is Cc1cc(S(=O)(=O)NC2CCCC2CO)sc1Cl. The van der Waals surface area contributed by atoms with Gasteiger partial charge in [0.15, 0.2) is 0 Å². The van der Waals surface area contributed by atoms with Gasteiger partial charge < -0.3 is 5.11 Å². The molecule has 2 unspecified atom stereocenters. The second kappa shape index (κ2) is 5.46. The highest BCUT2D eigenvalue weighted by Crippen LogP contribution is 2.32. The van der Waals surface area contributed by atoms with Gasteiger partial charge in [-0.1, -0.05) is 18.0 Å². The third kappa shape index (κ3) is 2.88. The molecule has 0 radical (unpaired) electrons. The van der Waals surface area contributed by atoms with Crippen molar-refractivity contribution >= 4 is 33.0 Å². The molecule has 0 bridgehead atoms. The monoisotopic (exact) mass is 309 g/mol. The Morgan fingerprint density at radius 1 is 1.56 bits per heavy atom. The van der Waals surface area contributed by atoms with Crippen molar-refractivity contribution in [1.29, 1.82) is 0 Å². The number of nitrogens with one attached hydrogen (secondary N) is 1. The van der Waals surface area contributed by atoms with E-state index in [2.05, 4.69) is 4.72 Å². The largest absolute Gasteiger partial charge is 0.396 e. The summed E-state index contributed by atoms with van der Waals surface area (Å²) in [7, 11) is -3.52. The van der Waals surface area contributed by atoms with E-state index in [-0.39, 0.29) is 22.8 Å². The molecule has 1 heterocycles. The molecule has 4 nitrogen and oxygen atoms in total. The zero-order valence-corrected chi connectivity index (χ0v) is 12.4. The van der Waals surface area contributed by atoms with Crippen molar-refractivity contribution in [2.75, 3.05) is 6.61 Å². The molecule has 1 aliphatic carbocycles. The van der Waals surface area contributed by atoms with E-state index in [4.69, 9.17) is 11.6 Å². The first kappa shape index (κ1) is 14.3. The van der Waals surface area contributed by atoms with Gasteiger partial charge in [-0.25, -0.2) is 13.1 Å². The molecule has 0 saturated heterocycles. The maximum atomic E-state index is 12.2. The Morgan fingerprint density at radius 3 is 2.83 bits per heavy atom. The average Bonchev–Trinajstić information content (AvgIpc) is 2.86. The van der Waals surface area contributed by atoms with Crippen molar-refractivity contribution in [3.8, 4) is 0 Å². The fourth-order valence-electron chi connectivity index (χ4n) is 2.23. The second-order valence-electron chi connectivity index (χ2n) is 4.62. The Balaban J connectivity index is 2.17. The van der Waals surface area contributed by atoms with Crippen LogP contribution in [0.15, 0.2) is 10.3 Å². The lowest BCUT2D eigenvalue weighted by molar-refractivity contribution is 0.213. The van der Waals surface area contributed by atoms with Gasteiger partial charge >= 0.3 is 0 Å². The third-order valence-corrected chi connectivity index (χ3v) is 6.82. The number of halogens is 1. The van der Waals surface area contributed by atoms with Crippen LogP contribution in [-0.4, -0.2) is 26.2 Å². The van der Waals surface area contributed by atoms with Crippen LogP contribution in [0.5, 0.6) is 0 Å². The van der Waals surface area contributed by atoms with Crippen LogP contribution in [0.25, 0.3) is 0 Å². The minimum atomic E-state index is -3.52. The van der Waals surface area contributed by atoms with Crippen LogP contribution < -0.4 is 4.72 Å². The van der Waals surface area contributed by atoms with Gasteiger partial charge in [0, 0.05) is 12.6 Å². The van der Waals surface area contributed by atoms with Crippen LogP contribution in [0.3, 0.4) is 0 Å². The molecule has 1 saturated carbocycles. The summed E-state index contributed by atoms with van der Waals surface area (Å²) in [6.45, 7) is 1.81. The van der Waals surface area contributed by atoms with Crippen LogP contribution in [0.1, 0.15) is 24.8 Å². The van der Waals surface area contributed by atoms with Crippen LogP contribution in [0.2, 0.25) is 4.34 Å². The number of rotatable bonds is 4. The zero-order chi connectivity index (χ0) is 13.3. The van der Waals surface area contributed by atoms with Crippen molar-refractivity contribution in [3.05, 3.63) is 16.0 Å². The molecule has 0 spiro atoms. The van der Waals surface area contributed by atoms with E-state index in [1.807, 2.05) is 0 Å². The Hall–Kier alpha value is -0.140. The number of aliphatic hydroxyl groups is 1. The maximum absolute atomic E-state index is 12.2. The summed E-state index contributed by atoms with van der Waals surface area (Å²) in [6, 6.07) is 1.42. The van der Waals surface area contributed by atoms with Crippen LogP contribution in [-0.2, 0) is 10.0 Å². The molecule has 2 atom stereocenters. The van der Waals surface area contributed by atoms with Gasteiger partial charge in [-0.05, 0) is 37.3 Å². The first-order valence-electron chi connectivity index (χ1n) is 5.83. The van der Waals surface area contributed by atoms with Crippen molar-refractivity contribution in [2.45, 2.75) is 36.4 Å². The predicted octanol–water partition coefficient (Wildman–Crippen LogP) is 2.15. The first-order valence-corrected chi connectivity index (χ1v) is 8.51. The topological polar surface area (TPSA) is 66.4 Å². The van der Waals surface area contributed by atoms with E-state index in [0.29, 0.717) is 4.34 Å². The van der Waals surface area contributed by atoms with E-state index >= 15 is 0 Å². The van der Waals surface area contributed by atoms with Crippen molar-refractivity contribution in [2.24, 2.45) is 5.92 Å². The maximum Gasteiger partial charge on any atom is 0.250 e. The predicted molar refractivity (Wildman–Crippen MR) is 72.6 cm³/mol. The molecule has 2 rings (SSSR count). The third-order valence-electron chi connectivity index (χ3n) is 3.30. The van der Waals surface area contributed by atoms with Gasteiger partial charge in [-0.15, -0.1) is 11.3 Å². The van der Waals surface area contributed by atoms with Gasteiger partial charge in [0.05, 0.1) is 4.34 Å². The number of aryl methyl sites for hydroxylation is 1. The number of sulfonamides is 1. The number of aliphatic hydroxyl groups excluding tert-OH is 1. The van der Waals surface area contributed by atoms with Gasteiger partial charge in [0.25, 0.3) is 0 Å². The summed E-state index contributed by atoms with van der Waals surface area (Å²) in [5.74, 6) is 0.0244. The number of thiophene rings is 1. The molecule has 2 N–H and O–H groups in total. The number of hydrogen-bond acceptors (Lipinski definition) is 4. The molecule has 1 aromatic heterocycles. The Morgan fingerprint density at radius 2 is 2.28 bits per heavy atom. The highest BCUT2D eigenvalue weighted by atomic mass is 35.5. The van der Waals surface area contributed by atoms with Crippen LogP contribution in [0, 0.1) is 12.8 Å². The first-order chi connectivity index (χ1) is 8.44. The quantitative estimate of drug-likeness (QED) is 0.895. The summed E-state index contributed by atoms with van der Waals surface area (Å²) < 4.78 is 27.8. The minimum absolute atomic E-state index is 0.0244. The summed E-state index contributed by atoms with van der Waals surface area (Å²) >= 11 is 6.96. The Bertz CT molecular complexity index is 507. The number of hydrogen-bond donors (Lipinski definition) is 2. The summed E-state index contributed by atoms with van der Waals surface area (Å²) in [5, 5.41) is 9.20. The summed E-state index contributed by atoms with van der Waals surface area (Å²) in [6.07, 6.45) is 2.60. The smallest absolute Gasteiger partial charge is 0.250 e. The highest BCUT2D eigenvalue weighted by Gasteiger charge is 2.31. The van der Waals surface area contributed by atoms with Crippen LogP contribution >= 0.6 is 22.9 Å². The lowest BCUT2D eigenvalue weighted by atomic mass is 10.1. The molecule has 1 aliphatic rings. The second-order valence-corrected chi connectivity index (χ2v) is 8.22. The van der Waals surface area contributed by atoms with E-state index in [1.165, 1.54) is 0 Å². The van der Waals surface area contributed by atoms with Gasteiger partial charge in [-0.3, -0.25) is 0 Å². The molecule has 0 aliphatic heterocycles. The molecule has 0 amide bonds. The highest BCUT2D eigenvalue weighted by molar-refractivity contribution is 7.91. The molecular formula is C11H16ClNO3S2. The van der Waals surface area contributed by atoms with Gasteiger partial charge in [0.2, 0.25) is 10.0 Å². The lowest BCUT2D eigenvalue weighted by Gasteiger charge is -2.18. The molecular weight excluding hydrogens is 294 g/mol. The van der Waals surface area contributed by atoms with Crippen molar-refractivity contribution in [3.63, 3.8) is 0 Å². The van der Waals surface area contributed by atoms with E-state index < -0.39 is 10.0 Å². The van der Waals surface area contributed by atoms with Crippen molar-refractivity contribution < 1.29 is 13.5 Å². The van der Waals surface area contributed by atoms with Crippen molar-refractivity contribution in [1.82, 2.24) is 4.72 Å². The Kier molecular flexibility index (Phi) is 4.33. The molecule has 1 fully saturated rings. The fourth-order valence-corrected chi connectivity index (χ4v) is 5.30. The molecule has 1 aromatic rings. The van der Waals surface area contributed by atoms with Gasteiger partial charge in [0.1, 0.15) is 4.21 Å². The van der Waals surface area contributed by atoms with E-state index in [1.54, 1.807) is 13.0 Å². The fraction of sp³-hybridized carbons (Fsp3) is 0.636. The Labute approximate surface area is 116 Å². The molecule has 102 valence electrons. The van der Waals surface area contributed by atoms with Gasteiger partial charge in [-0.2, -0.15) is 0 Å². The minimum Gasteiger partial charge on any atom is -0.396 e. The standard InChI is InChI=1S/C11H16ClNO3S2/c1-7-5-10(17-11(7)12)18(15,16)13-9-4-2-3-8(9)6-14/h5,8-9,13-14H,2-4,6H2,1H3. The molecule has 7 heteroatoms. The van der Waals surface area contributed by atoms with E-state index in [9.17, 15) is 13.5 Å². The molecule has 0 aromatic carbocycles. The molecule has 18 heavy (non-hydrogen) atoms. The van der Waals surface area contributed by atoms with Crippen LogP contribution in [0.4, 0.5) is 0 Å². The van der Waals surface area contributed by atoms with E-state index in [0.717, 1.165) is 36.2 Å². The normalized spacial score (nSPS) is 24.6. The summed E-state index contributed by atoms with van der Waals surface area (Å²) in [5.41, 5.74) is 0.771. The zero-order valence-electron chi connectivity index (χ0n) is 10.0. The average molecular weight is 310 g/mol. The lowest BCUT2D eigenvalue weighted by Crippen LogP contribution is -2.38. The summed E-state index contributed by atoms with van der Waals surface area (Å²) in [4.78, 5) is 0.